The molecular formula is C26H28O4. The molecule has 0 spiro atoms. The maximum Gasteiger partial charge on any atom is 0.150 e. The standard InChI is InChI=1S/C26H28O4/c1-15-3-21(29)6-19(12-27)23(15)25-8-17-5-18(9-25)11-26(10-17,14-25)24-16(2)4-22(30)7-20(24)13-28/h3-4,6-7,12-13,17-18,29-30H,5,8-11,14H2,1-2H3. The van der Waals surface area contributed by atoms with Gasteiger partial charge in [0.2, 0.25) is 0 Å². The maximum atomic E-state index is 12.0. The van der Waals surface area contributed by atoms with Gasteiger partial charge in [-0.2, -0.15) is 0 Å². The molecule has 4 fully saturated rings. The maximum absolute atomic E-state index is 12.0. The van der Waals surface area contributed by atoms with E-state index >= 15 is 0 Å². The van der Waals surface area contributed by atoms with E-state index in [0.717, 1.165) is 66.9 Å². The molecule has 4 saturated carbocycles. The van der Waals surface area contributed by atoms with Crippen molar-refractivity contribution >= 4 is 12.6 Å². The summed E-state index contributed by atoms with van der Waals surface area (Å²) in [7, 11) is 0. The summed E-state index contributed by atoms with van der Waals surface area (Å²) in [6, 6.07) is 6.75. The number of aldehydes is 2. The molecule has 0 aromatic heterocycles. The lowest BCUT2D eigenvalue weighted by Gasteiger charge is -2.63. The normalized spacial score (nSPS) is 31.7. The topological polar surface area (TPSA) is 74.6 Å². The van der Waals surface area contributed by atoms with Gasteiger partial charge in [0.25, 0.3) is 0 Å². The zero-order valence-corrected chi connectivity index (χ0v) is 17.6. The number of benzene rings is 2. The summed E-state index contributed by atoms with van der Waals surface area (Å²) < 4.78 is 0. The van der Waals surface area contributed by atoms with Gasteiger partial charge < -0.3 is 10.2 Å². The first-order valence-corrected chi connectivity index (χ1v) is 10.9. The molecule has 2 aromatic rings. The van der Waals surface area contributed by atoms with Crippen molar-refractivity contribution < 1.29 is 19.8 Å². The highest BCUT2D eigenvalue weighted by Crippen LogP contribution is 2.67. The molecule has 0 amide bonds. The van der Waals surface area contributed by atoms with Crippen molar-refractivity contribution in [3.05, 3.63) is 57.6 Å². The van der Waals surface area contributed by atoms with E-state index in [-0.39, 0.29) is 22.3 Å². The van der Waals surface area contributed by atoms with Crippen LogP contribution in [0.1, 0.15) is 81.5 Å². The molecule has 6 rings (SSSR count). The Bertz CT molecular complexity index is 972. The van der Waals surface area contributed by atoms with Crippen LogP contribution >= 0.6 is 0 Å². The third-order valence-corrected chi connectivity index (χ3v) is 8.08. The second-order valence-corrected chi connectivity index (χ2v) is 10.2. The van der Waals surface area contributed by atoms with Crippen LogP contribution in [0.25, 0.3) is 0 Å². The molecular weight excluding hydrogens is 376 g/mol. The Morgan fingerprint density at radius 3 is 1.53 bits per heavy atom. The minimum Gasteiger partial charge on any atom is -0.508 e. The average molecular weight is 405 g/mol. The molecule has 0 atom stereocenters. The Balaban J connectivity index is 1.72. The van der Waals surface area contributed by atoms with Gasteiger partial charge in [0.15, 0.2) is 0 Å². The van der Waals surface area contributed by atoms with Crippen molar-refractivity contribution in [2.45, 2.75) is 63.2 Å². The number of aromatic hydroxyl groups is 2. The molecule has 4 heteroatoms. The van der Waals surface area contributed by atoms with Crippen LogP contribution in [0.3, 0.4) is 0 Å². The van der Waals surface area contributed by atoms with Crippen molar-refractivity contribution in [1.29, 1.82) is 0 Å². The zero-order chi connectivity index (χ0) is 21.3. The summed E-state index contributed by atoms with van der Waals surface area (Å²) >= 11 is 0. The van der Waals surface area contributed by atoms with Crippen molar-refractivity contribution in [3.63, 3.8) is 0 Å². The van der Waals surface area contributed by atoms with E-state index in [1.165, 1.54) is 6.42 Å². The predicted molar refractivity (Wildman–Crippen MR) is 115 cm³/mol. The van der Waals surface area contributed by atoms with Crippen molar-refractivity contribution in [2.75, 3.05) is 0 Å². The minimum absolute atomic E-state index is 0.109. The highest BCUT2D eigenvalue weighted by molar-refractivity contribution is 5.81. The van der Waals surface area contributed by atoms with E-state index in [9.17, 15) is 19.8 Å². The van der Waals surface area contributed by atoms with Gasteiger partial charge in [0, 0.05) is 11.1 Å². The summed E-state index contributed by atoms with van der Waals surface area (Å²) in [4.78, 5) is 24.0. The molecule has 4 bridgehead atoms. The minimum atomic E-state index is -0.109. The molecule has 4 nitrogen and oxygen atoms in total. The van der Waals surface area contributed by atoms with E-state index in [1.54, 1.807) is 24.3 Å². The number of rotatable bonds is 4. The van der Waals surface area contributed by atoms with Crippen LogP contribution in [0.2, 0.25) is 0 Å². The van der Waals surface area contributed by atoms with E-state index < -0.39 is 0 Å². The molecule has 0 heterocycles. The Morgan fingerprint density at radius 1 is 0.767 bits per heavy atom. The third-order valence-electron chi connectivity index (χ3n) is 8.08. The van der Waals surface area contributed by atoms with Crippen molar-refractivity contribution in [3.8, 4) is 11.5 Å². The number of carbonyl (C=O) groups excluding carboxylic acids is 2. The van der Waals surface area contributed by atoms with Crippen LogP contribution in [-0.4, -0.2) is 22.8 Å². The Hall–Kier alpha value is -2.62. The predicted octanol–water partition coefficient (Wildman–Crippen LogP) is 5.13. The molecule has 4 aliphatic carbocycles. The summed E-state index contributed by atoms with van der Waals surface area (Å²) in [6.07, 6.45) is 8.13. The van der Waals surface area contributed by atoms with Crippen LogP contribution < -0.4 is 0 Å². The molecule has 0 aliphatic heterocycles. The SMILES string of the molecule is Cc1cc(O)cc(C=O)c1C12CC3CC(C1)CC(c1c(C)cc(O)cc1C=O)(C3)C2. The molecule has 4 aliphatic rings. The molecule has 0 saturated heterocycles. The summed E-state index contributed by atoms with van der Waals surface area (Å²) in [6.45, 7) is 3.99. The second kappa shape index (κ2) is 6.44. The van der Waals surface area contributed by atoms with Gasteiger partial charge in [-0.1, -0.05) is 0 Å². The van der Waals surface area contributed by atoms with Crippen LogP contribution in [0.4, 0.5) is 0 Å². The van der Waals surface area contributed by atoms with Crippen LogP contribution in [0, 0.1) is 25.7 Å². The molecule has 0 unspecified atom stereocenters. The van der Waals surface area contributed by atoms with Gasteiger partial charge in [-0.15, -0.1) is 0 Å². The fraction of sp³-hybridized carbons (Fsp3) is 0.462. The largest absolute Gasteiger partial charge is 0.508 e. The number of phenols is 2. The number of hydrogen-bond donors (Lipinski definition) is 2. The summed E-state index contributed by atoms with van der Waals surface area (Å²) in [5.74, 6) is 1.39. The van der Waals surface area contributed by atoms with Crippen LogP contribution in [0.15, 0.2) is 24.3 Å². The summed E-state index contributed by atoms with van der Waals surface area (Å²) in [5.41, 5.74) is 5.13. The third kappa shape index (κ3) is 2.65. The summed E-state index contributed by atoms with van der Waals surface area (Å²) in [5, 5.41) is 20.1. The van der Waals surface area contributed by atoms with Crippen molar-refractivity contribution in [2.24, 2.45) is 11.8 Å². The lowest BCUT2D eigenvalue weighted by atomic mass is 9.41. The fourth-order valence-corrected chi connectivity index (χ4v) is 8.07. The van der Waals surface area contributed by atoms with Crippen molar-refractivity contribution in [1.82, 2.24) is 0 Å². The van der Waals surface area contributed by atoms with E-state index in [0.29, 0.717) is 23.0 Å². The van der Waals surface area contributed by atoms with Crippen LogP contribution in [-0.2, 0) is 10.8 Å². The number of phenolic OH excluding ortho intramolecular Hbond substituents is 2. The van der Waals surface area contributed by atoms with E-state index in [2.05, 4.69) is 0 Å². The zero-order valence-electron chi connectivity index (χ0n) is 17.6. The quantitative estimate of drug-likeness (QED) is 0.693. The van der Waals surface area contributed by atoms with Gasteiger partial charge in [0.1, 0.15) is 24.1 Å². The highest BCUT2D eigenvalue weighted by atomic mass is 16.3. The first-order chi connectivity index (χ1) is 14.3. The smallest absolute Gasteiger partial charge is 0.150 e. The lowest BCUT2D eigenvalue weighted by molar-refractivity contribution is -0.0290. The Kier molecular flexibility index (Phi) is 4.15. The van der Waals surface area contributed by atoms with Gasteiger partial charge in [-0.3, -0.25) is 9.59 Å². The lowest BCUT2D eigenvalue weighted by Crippen LogP contribution is -2.56. The molecule has 156 valence electrons. The van der Waals surface area contributed by atoms with Gasteiger partial charge >= 0.3 is 0 Å². The van der Waals surface area contributed by atoms with Gasteiger partial charge in [0.05, 0.1) is 0 Å². The average Bonchev–Trinajstić information content (AvgIpc) is 2.64. The van der Waals surface area contributed by atoms with E-state index in [4.69, 9.17) is 0 Å². The Morgan fingerprint density at radius 2 is 1.17 bits per heavy atom. The monoisotopic (exact) mass is 404 g/mol. The highest BCUT2D eigenvalue weighted by Gasteiger charge is 2.60. The van der Waals surface area contributed by atoms with Gasteiger partial charge in [-0.05, 0) is 122 Å². The first kappa shape index (κ1) is 19.3. The number of carbonyl (C=O) groups is 2. The first-order valence-electron chi connectivity index (χ1n) is 10.9. The Labute approximate surface area is 176 Å². The van der Waals surface area contributed by atoms with E-state index in [1.807, 2.05) is 13.8 Å². The van der Waals surface area contributed by atoms with Gasteiger partial charge in [-0.25, -0.2) is 0 Å². The second-order valence-electron chi connectivity index (χ2n) is 10.2. The van der Waals surface area contributed by atoms with Crippen LogP contribution in [0.5, 0.6) is 11.5 Å². The number of hydrogen-bond acceptors (Lipinski definition) is 4. The fourth-order valence-electron chi connectivity index (χ4n) is 8.07. The molecule has 2 N–H and O–H groups in total. The molecule has 2 aromatic carbocycles. The number of aryl methyl sites for hydroxylation is 2. The molecule has 0 radical (unpaired) electrons. The molecule has 30 heavy (non-hydrogen) atoms.